The van der Waals surface area contributed by atoms with Crippen molar-refractivity contribution in [3.8, 4) is 0 Å². The molecule has 7 heteroatoms. The molecule has 1 aromatic rings. The normalized spacial score (nSPS) is 24.7. The van der Waals surface area contributed by atoms with E-state index >= 15 is 0 Å². The fraction of sp³-hybridized carbons (Fsp3) is 0.714. The predicted molar refractivity (Wildman–Crippen MR) is 106 cm³/mol. The lowest BCUT2D eigenvalue weighted by atomic mass is 9.95. The van der Waals surface area contributed by atoms with Crippen LogP contribution in [0.2, 0.25) is 0 Å². The molecule has 28 heavy (non-hydrogen) atoms. The van der Waals surface area contributed by atoms with Gasteiger partial charge in [-0.05, 0) is 31.4 Å². The highest BCUT2D eigenvalue weighted by atomic mass is 16.4. The van der Waals surface area contributed by atoms with Crippen LogP contribution in [0.5, 0.6) is 0 Å². The minimum atomic E-state index is -0.0504. The van der Waals surface area contributed by atoms with Crippen LogP contribution >= 0.6 is 0 Å². The number of carbonyl (C=O) groups is 2. The van der Waals surface area contributed by atoms with Crippen LogP contribution in [0.4, 0.5) is 0 Å². The van der Waals surface area contributed by atoms with Crippen molar-refractivity contribution in [3.05, 3.63) is 23.7 Å². The molecule has 1 N–H and O–H groups in total. The number of rotatable bonds is 4. The predicted octanol–water partition coefficient (Wildman–Crippen LogP) is 1.20. The van der Waals surface area contributed by atoms with Crippen molar-refractivity contribution < 1.29 is 14.0 Å². The van der Waals surface area contributed by atoms with Gasteiger partial charge in [0.2, 0.25) is 5.91 Å². The number of hydrogen-bond donors (Lipinski definition) is 1. The third-order valence-electron chi connectivity index (χ3n) is 6.50. The third kappa shape index (κ3) is 4.10. The molecular formula is C21H32N4O3. The molecule has 0 aromatic carbocycles. The molecule has 0 spiro atoms. The Morgan fingerprint density at radius 2 is 1.75 bits per heavy atom. The molecule has 3 saturated heterocycles. The lowest BCUT2D eigenvalue weighted by molar-refractivity contribution is -0.136. The van der Waals surface area contributed by atoms with Crippen LogP contribution < -0.4 is 5.32 Å². The smallest absolute Gasteiger partial charge is 0.289 e. The summed E-state index contributed by atoms with van der Waals surface area (Å²) in [5.41, 5.74) is 0. The molecule has 1 atom stereocenters. The van der Waals surface area contributed by atoms with Crippen LogP contribution in [0, 0.1) is 5.92 Å². The summed E-state index contributed by atoms with van der Waals surface area (Å²) >= 11 is 0. The Bertz CT molecular complexity index is 690. The number of aryl methyl sites for hydroxylation is 1. The van der Waals surface area contributed by atoms with E-state index in [0.29, 0.717) is 24.9 Å². The number of nitrogens with zero attached hydrogens (tertiary/aromatic N) is 3. The van der Waals surface area contributed by atoms with Crippen LogP contribution in [0.1, 0.15) is 42.5 Å². The quantitative estimate of drug-likeness (QED) is 0.839. The minimum Gasteiger partial charge on any atom is -0.456 e. The van der Waals surface area contributed by atoms with Gasteiger partial charge in [0.15, 0.2) is 5.76 Å². The minimum absolute atomic E-state index is 0.0497. The van der Waals surface area contributed by atoms with Crippen molar-refractivity contribution in [3.63, 3.8) is 0 Å². The van der Waals surface area contributed by atoms with Gasteiger partial charge in [-0.25, -0.2) is 0 Å². The largest absolute Gasteiger partial charge is 0.456 e. The first-order valence-electron chi connectivity index (χ1n) is 10.8. The lowest BCUT2D eigenvalue weighted by Gasteiger charge is -2.34. The summed E-state index contributed by atoms with van der Waals surface area (Å²) in [6.07, 6.45) is 3.37. The van der Waals surface area contributed by atoms with E-state index in [1.807, 2.05) is 17.9 Å². The van der Waals surface area contributed by atoms with Gasteiger partial charge in [0.25, 0.3) is 5.91 Å². The molecule has 2 amide bonds. The Kier molecular flexibility index (Phi) is 6.01. The summed E-state index contributed by atoms with van der Waals surface area (Å²) in [6, 6.07) is 4.14. The van der Waals surface area contributed by atoms with Gasteiger partial charge in [-0.15, -0.1) is 0 Å². The van der Waals surface area contributed by atoms with E-state index in [9.17, 15) is 9.59 Å². The van der Waals surface area contributed by atoms with Crippen molar-refractivity contribution in [1.29, 1.82) is 0 Å². The zero-order valence-electron chi connectivity index (χ0n) is 16.9. The second-order valence-corrected chi connectivity index (χ2v) is 8.20. The molecule has 0 aliphatic carbocycles. The van der Waals surface area contributed by atoms with E-state index in [4.69, 9.17) is 4.42 Å². The van der Waals surface area contributed by atoms with E-state index in [-0.39, 0.29) is 17.7 Å². The van der Waals surface area contributed by atoms with E-state index in [0.717, 1.165) is 70.7 Å². The van der Waals surface area contributed by atoms with E-state index in [2.05, 4.69) is 15.1 Å². The van der Waals surface area contributed by atoms with Crippen molar-refractivity contribution in [2.75, 3.05) is 52.4 Å². The summed E-state index contributed by atoms with van der Waals surface area (Å²) in [4.78, 5) is 32.0. The van der Waals surface area contributed by atoms with Gasteiger partial charge in [0.1, 0.15) is 5.76 Å². The standard InChI is InChI=1S/C21H32N4O3/c1-2-18-3-4-19(28-18)21(27)24-10-5-16(6-11-24)20(26)25-12-7-17(15-25)23-13-8-22-9-14-23/h3-4,16-17,22H,2,5-15H2,1H3. The topological polar surface area (TPSA) is 69.0 Å². The Morgan fingerprint density at radius 1 is 1.04 bits per heavy atom. The van der Waals surface area contributed by atoms with Gasteiger partial charge in [0, 0.05) is 70.7 Å². The zero-order valence-corrected chi connectivity index (χ0v) is 16.9. The van der Waals surface area contributed by atoms with Gasteiger partial charge in [0.05, 0.1) is 0 Å². The summed E-state index contributed by atoms with van der Waals surface area (Å²) < 4.78 is 5.60. The number of furan rings is 1. The van der Waals surface area contributed by atoms with Gasteiger partial charge in [-0.2, -0.15) is 0 Å². The number of likely N-dealkylation sites (tertiary alicyclic amines) is 2. The molecule has 4 heterocycles. The maximum atomic E-state index is 13.0. The molecule has 3 aliphatic rings. The van der Waals surface area contributed by atoms with Gasteiger partial charge < -0.3 is 19.5 Å². The number of amides is 2. The average Bonchev–Trinajstić information content (AvgIpc) is 3.43. The second-order valence-electron chi connectivity index (χ2n) is 8.20. The molecule has 3 aliphatic heterocycles. The molecule has 1 aromatic heterocycles. The molecule has 154 valence electrons. The van der Waals surface area contributed by atoms with Crippen molar-refractivity contribution in [2.24, 2.45) is 5.92 Å². The van der Waals surface area contributed by atoms with Crippen LogP contribution in [0.15, 0.2) is 16.5 Å². The molecule has 1 unspecified atom stereocenters. The number of piperazine rings is 1. The van der Waals surface area contributed by atoms with Crippen molar-refractivity contribution in [1.82, 2.24) is 20.0 Å². The van der Waals surface area contributed by atoms with Crippen LogP contribution in [-0.2, 0) is 11.2 Å². The highest BCUT2D eigenvalue weighted by Crippen LogP contribution is 2.25. The molecular weight excluding hydrogens is 356 g/mol. The molecule has 4 rings (SSSR count). The monoisotopic (exact) mass is 388 g/mol. The van der Waals surface area contributed by atoms with Gasteiger partial charge >= 0.3 is 0 Å². The Labute approximate surface area is 167 Å². The Balaban J connectivity index is 1.26. The highest BCUT2D eigenvalue weighted by molar-refractivity contribution is 5.91. The van der Waals surface area contributed by atoms with Gasteiger partial charge in [-0.3, -0.25) is 14.5 Å². The van der Waals surface area contributed by atoms with Crippen LogP contribution in [0.3, 0.4) is 0 Å². The fourth-order valence-electron chi connectivity index (χ4n) is 4.71. The zero-order chi connectivity index (χ0) is 19.5. The number of hydrogen-bond acceptors (Lipinski definition) is 5. The summed E-state index contributed by atoms with van der Waals surface area (Å²) in [5, 5.41) is 3.39. The first kappa shape index (κ1) is 19.5. The average molecular weight is 389 g/mol. The summed E-state index contributed by atoms with van der Waals surface area (Å²) in [5.74, 6) is 1.54. The van der Waals surface area contributed by atoms with Gasteiger partial charge in [-0.1, -0.05) is 6.92 Å². The Morgan fingerprint density at radius 3 is 2.43 bits per heavy atom. The third-order valence-corrected chi connectivity index (χ3v) is 6.50. The van der Waals surface area contributed by atoms with Crippen molar-refractivity contribution in [2.45, 2.75) is 38.6 Å². The first-order valence-corrected chi connectivity index (χ1v) is 10.8. The number of piperidine rings is 1. The summed E-state index contributed by atoms with van der Waals surface area (Å²) in [6.45, 7) is 9.27. The second kappa shape index (κ2) is 8.66. The van der Waals surface area contributed by atoms with E-state index in [1.165, 1.54) is 0 Å². The molecule has 0 radical (unpaired) electrons. The molecule has 3 fully saturated rings. The molecule has 0 saturated carbocycles. The Hall–Kier alpha value is -1.86. The summed E-state index contributed by atoms with van der Waals surface area (Å²) in [7, 11) is 0. The van der Waals surface area contributed by atoms with Crippen molar-refractivity contribution >= 4 is 11.8 Å². The number of carbonyl (C=O) groups excluding carboxylic acids is 2. The first-order chi connectivity index (χ1) is 13.7. The maximum absolute atomic E-state index is 13.0. The maximum Gasteiger partial charge on any atom is 0.289 e. The SMILES string of the molecule is CCc1ccc(C(=O)N2CCC(C(=O)N3CCC(N4CCNCC4)C3)CC2)o1. The molecule has 7 nitrogen and oxygen atoms in total. The van der Waals surface area contributed by atoms with Crippen LogP contribution in [-0.4, -0.2) is 84.9 Å². The highest BCUT2D eigenvalue weighted by Gasteiger charge is 2.36. The van der Waals surface area contributed by atoms with Crippen LogP contribution in [0.25, 0.3) is 0 Å². The molecule has 0 bridgehead atoms. The van der Waals surface area contributed by atoms with E-state index < -0.39 is 0 Å². The fourth-order valence-corrected chi connectivity index (χ4v) is 4.71. The number of nitrogens with one attached hydrogen (secondary N) is 1. The van der Waals surface area contributed by atoms with E-state index in [1.54, 1.807) is 6.07 Å². The lowest BCUT2D eigenvalue weighted by Crippen LogP contribution is -2.50.